The first-order valence-electron chi connectivity index (χ1n) is 4.54. The molecule has 0 aliphatic heterocycles. The lowest BCUT2D eigenvalue weighted by Gasteiger charge is -2.11. The summed E-state index contributed by atoms with van der Waals surface area (Å²) >= 11 is 0. The van der Waals surface area contributed by atoms with E-state index in [-0.39, 0.29) is 23.8 Å². The molecule has 0 unspecified atom stereocenters. The van der Waals surface area contributed by atoms with Gasteiger partial charge in [-0.25, -0.2) is 21.9 Å². The topological polar surface area (TPSA) is 72.2 Å². The smallest absolute Gasteiger partial charge is 0.240 e. The number of hydrogen-bond donors (Lipinski definition) is 2. The zero-order valence-electron chi connectivity index (χ0n) is 8.98. The Kier molecular flexibility index (Phi) is 5.97. The van der Waals surface area contributed by atoms with Crippen molar-refractivity contribution in [3.05, 3.63) is 29.8 Å². The van der Waals surface area contributed by atoms with Gasteiger partial charge < -0.3 is 5.73 Å². The fourth-order valence-electron chi connectivity index (χ4n) is 1.03. The van der Waals surface area contributed by atoms with Crippen LogP contribution in [0, 0.1) is 11.6 Å². The Morgan fingerprint density at radius 2 is 1.94 bits per heavy atom. The maximum atomic E-state index is 12.8. The predicted molar refractivity (Wildman–Crippen MR) is 62.4 cm³/mol. The van der Waals surface area contributed by atoms with Crippen LogP contribution in [0.15, 0.2) is 23.1 Å². The molecule has 0 spiro atoms. The van der Waals surface area contributed by atoms with Crippen molar-refractivity contribution < 1.29 is 17.2 Å². The molecule has 0 saturated heterocycles. The van der Waals surface area contributed by atoms with Gasteiger partial charge in [0.1, 0.15) is 0 Å². The first-order valence-corrected chi connectivity index (χ1v) is 6.02. The molecule has 0 aliphatic carbocycles. The van der Waals surface area contributed by atoms with Crippen LogP contribution in [0.1, 0.15) is 6.92 Å². The van der Waals surface area contributed by atoms with Gasteiger partial charge in [-0.3, -0.25) is 0 Å². The summed E-state index contributed by atoms with van der Waals surface area (Å²) in [6.07, 6.45) is 0. The largest absolute Gasteiger partial charge is 0.329 e. The summed E-state index contributed by atoms with van der Waals surface area (Å²) in [5, 5.41) is 0. The first-order chi connectivity index (χ1) is 7.36. The maximum Gasteiger partial charge on any atom is 0.240 e. The van der Waals surface area contributed by atoms with Gasteiger partial charge in [0.15, 0.2) is 11.6 Å². The van der Waals surface area contributed by atoms with Gasteiger partial charge in [-0.15, -0.1) is 12.4 Å². The lowest BCUT2D eigenvalue weighted by molar-refractivity contribution is 0.503. The van der Waals surface area contributed by atoms with Crippen molar-refractivity contribution in [2.45, 2.75) is 17.9 Å². The molecule has 0 amide bonds. The minimum Gasteiger partial charge on any atom is -0.329 e. The number of nitrogens with one attached hydrogen (secondary N) is 1. The van der Waals surface area contributed by atoms with Crippen LogP contribution >= 0.6 is 12.4 Å². The minimum atomic E-state index is -3.85. The third-order valence-electron chi connectivity index (χ3n) is 1.91. The molecule has 4 nitrogen and oxygen atoms in total. The monoisotopic (exact) mass is 286 g/mol. The lowest BCUT2D eigenvalue weighted by atomic mass is 10.3. The van der Waals surface area contributed by atoms with E-state index in [1.54, 1.807) is 6.92 Å². The van der Waals surface area contributed by atoms with E-state index in [9.17, 15) is 17.2 Å². The maximum absolute atomic E-state index is 12.8. The molecule has 8 heteroatoms. The second-order valence-electron chi connectivity index (χ2n) is 3.33. The molecule has 0 aromatic heterocycles. The molecule has 1 aromatic carbocycles. The molecule has 98 valence electrons. The predicted octanol–water partition coefficient (Wildman–Crippen LogP) is 1.01. The molecule has 0 saturated carbocycles. The number of benzene rings is 1. The van der Waals surface area contributed by atoms with Gasteiger partial charge in [0.2, 0.25) is 10.0 Å². The molecule has 0 heterocycles. The molecule has 1 rings (SSSR count). The molecule has 0 radical (unpaired) electrons. The van der Waals surface area contributed by atoms with Gasteiger partial charge in [-0.2, -0.15) is 0 Å². The summed E-state index contributed by atoms with van der Waals surface area (Å²) in [4.78, 5) is -0.327. The normalized spacial score (nSPS) is 12.9. The fraction of sp³-hybridized carbons (Fsp3) is 0.333. The number of sulfonamides is 1. The summed E-state index contributed by atoms with van der Waals surface area (Å²) in [5.41, 5.74) is 5.25. The minimum absolute atomic E-state index is 0. The standard InChI is InChI=1S/C9H12F2N2O2S.ClH/c1-6(5-12)13-16(14,15)7-2-3-8(10)9(11)4-7;/h2-4,6,13H,5,12H2,1H3;1H/t6-;/m1./s1. The SMILES string of the molecule is C[C@H](CN)NS(=O)(=O)c1ccc(F)c(F)c1.Cl. The molecule has 1 aromatic rings. The van der Waals surface area contributed by atoms with Crippen LogP contribution in [0.3, 0.4) is 0 Å². The second-order valence-corrected chi connectivity index (χ2v) is 5.05. The summed E-state index contributed by atoms with van der Waals surface area (Å²) in [6.45, 7) is 1.68. The van der Waals surface area contributed by atoms with Gasteiger partial charge in [0.25, 0.3) is 0 Å². The van der Waals surface area contributed by atoms with Crippen LogP contribution < -0.4 is 10.5 Å². The second kappa shape index (κ2) is 6.25. The summed E-state index contributed by atoms with van der Waals surface area (Å²) in [7, 11) is -3.85. The molecule has 0 fully saturated rings. The molecule has 0 aliphatic rings. The highest BCUT2D eigenvalue weighted by Gasteiger charge is 2.18. The zero-order valence-corrected chi connectivity index (χ0v) is 10.6. The van der Waals surface area contributed by atoms with Crippen LogP contribution in [-0.2, 0) is 10.0 Å². The zero-order chi connectivity index (χ0) is 12.3. The van der Waals surface area contributed by atoms with Crippen LogP contribution in [-0.4, -0.2) is 21.0 Å². The molecule has 0 bridgehead atoms. The van der Waals surface area contributed by atoms with Gasteiger partial charge >= 0.3 is 0 Å². The van der Waals surface area contributed by atoms with Gasteiger partial charge in [0, 0.05) is 12.6 Å². The highest BCUT2D eigenvalue weighted by molar-refractivity contribution is 7.89. The van der Waals surface area contributed by atoms with Crippen LogP contribution in [0.2, 0.25) is 0 Å². The first kappa shape index (κ1) is 16.2. The fourth-order valence-corrected chi connectivity index (χ4v) is 2.29. The van der Waals surface area contributed by atoms with Crippen molar-refractivity contribution in [3.63, 3.8) is 0 Å². The van der Waals surface area contributed by atoms with Crippen molar-refractivity contribution >= 4 is 22.4 Å². The summed E-state index contributed by atoms with van der Waals surface area (Å²) in [5.74, 6) is -2.30. The Morgan fingerprint density at radius 1 is 1.35 bits per heavy atom. The van der Waals surface area contributed by atoms with E-state index in [0.29, 0.717) is 6.07 Å². The average molecular weight is 287 g/mol. The Labute approximate surface area is 105 Å². The number of hydrogen-bond acceptors (Lipinski definition) is 3. The summed E-state index contributed by atoms with van der Waals surface area (Å²) < 4.78 is 50.9. The molecular weight excluding hydrogens is 274 g/mol. The van der Waals surface area contributed by atoms with E-state index >= 15 is 0 Å². The number of halogens is 3. The Morgan fingerprint density at radius 3 is 2.41 bits per heavy atom. The van der Waals surface area contributed by atoms with E-state index in [4.69, 9.17) is 5.73 Å². The highest BCUT2D eigenvalue weighted by atomic mass is 35.5. The highest BCUT2D eigenvalue weighted by Crippen LogP contribution is 2.13. The van der Waals surface area contributed by atoms with Crippen molar-refractivity contribution in [2.75, 3.05) is 6.54 Å². The van der Waals surface area contributed by atoms with Crippen LogP contribution in [0.4, 0.5) is 8.78 Å². The van der Waals surface area contributed by atoms with Gasteiger partial charge in [-0.05, 0) is 25.1 Å². The van der Waals surface area contributed by atoms with E-state index in [0.717, 1.165) is 12.1 Å². The Balaban J connectivity index is 0.00000256. The average Bonchev–Trinajstić information content (AvgIpc) is 2.21. The number of nitrogens with two attached hydrogens (primary N) is 1. The van der Waals surface area contributed by atoms with E-state index in [1.165, 1.54) is 0 Å². The quantitative estimate of drug-likeness (QED) is 0.868. The third kappa shape index (κ3) is 4.19. The lowest BCUT2D eigenvalue weighted by Crippen LogP contribution is -2.37. The molecule has 17 heavy (non-hydrogen) atoms. The number of rotatable bonds is 4. The van der Waals surface area contributed by atoms with Crippen molar-refractivity contribution in [1.82, 2.24) is 4.72 Å². The van der Waals surface area contributed by atoms with E-state index in [2.05, 4.69) is 4.72 Å². The third-order valence-corrected chi connectivity index (χ3v) is 3.50. The van der Waals surface area contributed by atoms with Crippen LogP contribution in [0.25, 0.3) is 0 Å². The summed E-state index contributed by atoms with van der Waals surface area (Å²) in [6, 6.07) is 1.90. The Hall–Kier alpha value is -0.760. The van der Waals surface area contributed by atoms with E-state index < -0.39 is 27.7 Å². The molecular formula is C9H13ClF2N2O2S. The molecule has 3 N–H and O–H groups in total. The van der Waals surface area contributed by atoms with E-state index in [1.807, 2.05) is 0 Å². The van der Waals surface area contributed by atoms with Crippen molar-refractivity contribution in [1.29, 1.82) is 0 Å². The van der Waals surface area contributed by atoms with Gasteiger partial charge in [-0.1, -0.05) is 0 Å². The van der Waals surface area contributed by atoms with Crippen molar-refractivity contribution in [2.24, 2.45) is 5.73 Å². The van der Waals surface area contributed by atoms with Crippen LogP contribution in [0.5, 0.6) is 0 Å². The van der Waals surface area contributed by atoms with Crippen molar-refractivity contribution in [3.8, 4) is 0 Å². The molecule has 1 atom stereocenters. The Bertz CT molecular complexity index is 482. The van der Waals surface area contributed by atoms with Gasteiger partial charge in [0.05, 0.1) is 4.90 Å².